The summed E-state index contributed by atoms with van der Waals surface area (Å²) in [6.45, 7) is 3.40. The number of morpholine rings is 1. The van der Waals surface area contributed by atoms with Crippen LogP contribution in [0, 0.1) is 0 Å². The van der Waals surface area contributed by atoms with E-state index in [1.807, 2.05) is 24.3 Å². The third-order valence-electron chi connectivity index (χ3n) is 4.79. The smallest absolute Gasteiger partial charge is 0.231 e. The van der Waals surface area contributed by atoms with E-state index in [1.165, 1.54) is 0 Å². The predicted molar refractivity (Wildman–Crippen MR) is 100 cm³/mol. The fraction of sp³-hybridized carbons (Fsp3) is 0.286. The quantitative estimate of drug-likeness (QED) is 0.838. The molecular weight excluding hydrogens is 346 g/mol. The zero-order valence-electron chi connectivity index (χ0n) is 15.1. The van der Waals surface area contributed by atoms with Gasteiger partial charge in [0, 0.05) is 19.6 Å². The zero-order chi connectivity index (χ0) is 18.8. The van der Waals surface area contributed by atoms with Gasteiger partial charge in [0.2, 0.25) is 5.78 Å². The summed E-state index contributed by atoms with van der Waals surface area (Å²) in [6, 6.07) is 10.6. The molecule has 2 aliphatic heterocycles. The van der Waals surface area contributed by atoms with Crippen molar-refractivity contribution < 1.29 is 24.1 Å². The number of hydrogen-bond acceptors (Lipinski definition) is 6. The molecule has 2 aromatic carbocycles. The number of phenolic OH excluding ortho intramolecular Hbond substituents is 1. The Morgan fingerprint density at radius 3 is 2.81 bits per heavy atom. The average Bonchev–Trinajstić information content (AvgIpc) is 3.01. The Kier molecular flexibility index (Phi) is 4.83. The normalized spacial score (nSPS) is 18.4. The van der Waals surface area contributed by atoms with E-state index >= 15 is 0 Å². The zero-order valence-corrected chi connectivity index (χ0v) is 15.1. The first-order valence-corrected chi connectivity index (χ1v) is 8.89. The van der Waals surface area contributed by atoms with Gasteiger partial charge in [-0.3, -0.25) is 9.69 Å². The summed E-state index contributed by atoms with van der Waals surface area (Å²) in [6.07, 6.45) is 1.69. The number of nitrogens with zero attached hydrogens (tertiary/aromatic N) is 1. The number of carbonyl (C=O) groups excluding carboxylic acids is 1. The van der Waals surface area contributed by atoms with Crippen LogP contribution in [0.25, 0.3) is 6.08 Å². The van der Waals surface area contributed by atoms with Crippen molar-refractivity contribution in [3.05, 3.63) is 58.8 Å². The van der Waals surface area contributed by atoms with Crippen LogP contribution >= 0.6 is 0 Å². The summed E-state index contributed by atoms with van der Waals surface area (Å²) < 4.78 is 16.5. The number of hydrogen-bond donors (Lipinski definition) is 1. The number of Topliss-reactive ketones (excluding diaryl/α,β-unsaturated/α-hetero) is 1. The Hall–Kier alpha value is -2.83. The van der Waals surface area contributed by atoms with E-state index in [-0.39, 0.29) is 17.3 Å². The summed E-state index contributed by atoms with van der Waals surface area (Å²) in [5.41, 5.74) is 1.92. The number of ketones is 1. The molecule has 0 saturated carbocycles. The van der Waals surface area contributed by atoms with E-state index in [0.29, 0.717) is 42.4 Å². The van der Waals surface area contributed by atoms with Crippen LogP contribution in [0.5, 0.6) is 17.2 Å². The SMILES string of the molecule is COc1cccc(C=C2Oc3c(ccc(O)c3CN3CCOCC3)C2=O)c1. The van der Waals surface area contributed by atoms with Crippen molar-refractivity contribution in [3.8, 4) is 17.2 Å². The minimum atomic E-state index is -0.184. The van der Waals surface area contributed by atoms with Gasteiger partial charge in [0.15, 0.2) is 5.76 Å². The van der Waals surface area contributed by atoms with Crippen LogP contribution in [-0.4, -0.2) is 49.2 Å². The Bertz CT molecular complexity index is 899. The van der Waals surface area contributed by atoms with Gasteiger partial charge < -0.3 is 19.3 Å². The number of phenols is 1. The predicted octanol–water partition coefficient (Wildman–Crippen LogP) is 2.85. The number of allylic oxidation sites excluding steroid dienone is 1. The van der Waals surface area contributed by atoms with Crippen molar-refractivity contribution in [2.75, 3.05) is 33.4 Å². The number of methoxy groups -OCH3 is 1. The number of fused-ring (bicyclic) bond motifs is 1. The van der Waals surface area contributed by atoms with Crippen molar-refractivity contribution in [2.24, 2.45) is 0 Å². The van der Waals surface area contributed by atoms with Crippen LogP contribution in [0.3, 0.4) is 0 Å². The van der Waals surface area contributed by atoms with Crippen molar-refractivity contribution >= 4 is 11.9 Å². The fourth-order valence-electron chi connectivity index (χ4n) is 3.32. The van der Waals surface area contributed by atoms with Gasteiger partial charge in [-0.2, -0.15) is 0 Å². The van der Waals surface area contributed by atoms with Gasteiger partial charge in [-0.15, -0.1) is 0 Å². The van der Waals surface area contributed by atoms with E-state index in [2.05, 4.69) is 4.90 Å². The number of ether oxygens (including phenoxy) is 3. The van der Waals surface area contributed by atoms with Gasteiger partial charge in [-0.1, -0.05) is 12.1 Å². The summed E-state index contributed by atoms with van der Waals surface area (Å²) in [5.74, 6) is 1.34. The van der Waals surface area contributed by atoms with Crippen molar-refractivity contribution in [1.29, 1.82) is 0 Å². The number of carbonyl (C=O) groups is 1. The summed E-state index contributed by atoms with van der Waals surface area (Å²) >= 11 is 0. The second-order valence-electron chi connectivity index (χ2n) is 6.54. The maximum absolute atomic E-state index is 12.8. The van der Waals surface area contributed by atoms with Gasteiger partial charge in [0.25, 0.3) is 0 Å². The van der Waals surface area contributed by atoms with Gasteiger partial charge >= 0.3 is 0 Å². The molecule has 1 fully saturated rings. The molecule has 0 atom stereocenters. The van der Waals surface area contributed by atoms with Crippen LogP contribution < -0.4 is 9.47 Å². The van der Waals surface area contributed by atoms with E-state index in [9.17, 15) is 9.90 Å². The molecule has 2 heterocycles. The molecule has 4 rings (SSSR count). The number of rotatable bonds is 4. The molecule has 2 aromatic rings. The molecule has 2 aliphatic rings. The average molecular weight is 367 g/mol. The van der Waals surface area contributed by atoms with Crippen LogP contribution in [0.1, 0.15) is 21.5 Å². The summed E-state index contributed by atoms with van der Waals surface area (Å²) in [5, 5.41) is 10.4. The Morgan fingerprint density at radius 2 is 2.04 bits per heavy atom. The topological polar surface area (TPSA) is 68.2 Å². The highest BCUT2D eigenvalue weighted by molar-refractivity contribution is 6.15. The molecule has 6 heteroatoms. The van der Waals surface area contributed by atoms with Gasteiger partial charge in [0.05, 0.1) is 31.5 Å². The van der Waals surface area contributed by atoms with Crippen LogP contribution in [0.2, 0.25) is 0 Å². The van der Waals surface area contributed by atoms with Crippen LogP contribution in [-0.2, 0) is 11.3 Å². The lowest BCUT2D eigenvalue weighted by atomic mass is 10.0. The summed E-state index contributed by atoms with van der Waals surface area (Å²) in [7, 11) is 1.60. The van der Waals surface area contributed by atoms with Crippen molar-refractivity contribution in [1.82, 2.24) is 4.90 Å². The fourth-order valence-corrected chi connectivity index (χ4v) is 3.32. The second-order valence-corrected chi connectivity index (χ2v) is 6.54. The van der Waals surface area contributed by atoms with Gasteiger partial charge in [-0.05, 0) is 35.9 Å². The van der Waals surface area contributed by atoms with Gasteiger partial charge in [0.1, 0.15) is 17.2 Å². The monoisotopic (exact) mass is 367 g/mol. The van der Waals surface area contributed by atoms with E-state index in [0.717, 1.165) is 18.7 Å². The highest BCUT2D eigenvalue weighted by Gasteiger charge is 2.31. The van der Waals surface area contributed by atoms with Crippen LogP contribution in [0.4, 0.5) is 0 Å². The first-order chi connectivity index (χ1) is 13.2. The van der Waals surface area contributed by atoms with E-state index < -0.39 is 0 Å². The molecule has 0 aromatic heterocycles. The first-order valence-electron chi connectivity index (χ1n) is 8.89. The maximum Gasteiger partial charge on any atom is 0.231 e. The van der Waals surface area contributed by atoms with Crippen molar-refractivity contribution in [2.45, 2.75) is 6.54 Å². The number of benzene rings is 2. The molecule has 0 amide bonds. The minimum Gasteiger partial charge on any atom is -0.507 e. The molecule has 6 nitrogen and oxygen atoms in total. The highest BCUT2D eigenvalue weighted by Crippen LogP contribution is 2.40. The molecule has 0 aliphatic carbocycles. The molecule has 27 heavy (non-hydrogen) atoms. The third kappa shape index (κ3) is 3.54. The first kappa shape index (κ1) is 17.6. The minimum absolute atomic E-state index is 0.135. The van der Waals surface area contributed by atoms with Gasteiger partial charge in [-0.25, -0.2) is 0 Å². The molecule has 0 radical (unpaired) electrons. The lowest BCUT2D eigenvalue weighted by Crippen LogP contribution is -2.35. The molecule has 140 valence electrons. The molecule has 1 N–H and O–H groups in total. The lowest BCUT2D eigenvalue weighted by Gasteiger charge is -2.27. The second kappa shape index (κ2) is 7.42. The molecule has 0 bridgehead atoms. The standard InChI is InChI=1S/C21H21NO5/c1-25-15-4-2-3-14(11-15)12-19-20(24)16-5-6-18(23)17(21(16)27-19)13-22-7-9-26-10-8-22/h2-6,11-12,23H,7-10,13H2,1H3. The Morgan fingerprint density at radius 1 is 1.22 bits per heavy atom. The maximum atomic E-state index is 12.8. The molecule has 0 unspecified atom stereocenters. The van der Waals surface area contributed by atoms with E-state index in [4.69, 9.17) is 14.2 Å². The number of aromatic hydroxyl groups is 1. The Balaban J connectivity index is 1.64. The van der Waals surface area contributed by atoms with Crippen LogP contribution in [0.15, 0.2) is 42.2 Å². The molecule has 0 spiro atoms. The van der Waals surface area contributed by atoms with E-state index in [1.54, 1.807) is 25.3 Å². The summed E-state index contributed by atoms with van der Waals surface area (Å²) in [4.78, 5) is 14.9. The molecular formula is C21H21NO5. The molecule has 1 saturated heterocycles. The third-order valence-corrected chi connectivity index (χ3v) is 4.79. The Labute approximate surface area is 157 Å². The highest BCUT2D eigenvalue weighted by atomic mass is 16.5. The largest absolute Gasteiger partial charge is 0.507 e. The lowest BCUT2D eigenvalue weighted by molar-refractivity contribution is 0.0336. The van der Waals surface area contributed by atoms with Crippen molar-refractivity contribution in [3.63, 3.8) is 0 Å².